The predicted octanol–water partition coefficient (Wildman–Crippen LogP) is 3.42. The fraction of sp³-hybridized carbons (Fsp3) is 0.154. The molecule has 0 bridgehead atoms. The number of hydrogen-bond acceptors (Lipinski definition) is 2. The summed E-state index contributed by atoms with van der Waals surface area (Å²) in [6.45, 7) is 0.662. The Kier molecular flexibility index (Phi) is 2.61. The van der Waals surface area contributed by atoms with E-state index in [4.69, 9.17) is 16.0 Å². The van der Waals surface area contributed by atoms with Crippen LogP contribution in [0.4, 0.5) is 0 Å². The minimum absolute atomic E-state index is 0.398. The summed E-state index contributed by atoms with van der Waals surface area (Å²) < 4.78 is 7.45. The molecule has 3 rings (SSSR count). The Balaban J connectivity index is 2.12. The SMILES string of the molecule is ClCc1nc2ccccc2n1Cc1ccco1. The molecule has 1 aromatic carbocycles. The predicted molar refractivity (Wildman–Crippen MR) is 67.1 cm³/mol. The lowest BCUT2D eigenvalue weighted by Gasteiger charge is -2.04. The van der Waals surface area contributed by atoms with E-state index >= 15 is 0 Å². The molecular weight excluding hydrogens is 236 g/mol. The molecule has 0 unspecified atom stereocenters. The van der Waals surface area contributed by atoms with Crippen LogP contribution in [0.1, 0.15) is 11.6 Å². The molecule has 0 atom stereocenters. The van der Waals surface area contributed by atoms with Crippen molar-refractivity contribution in [1.29, 1.82) is 0 Å². The Morgan fingerprint density at radius 1 is 1.18 bits per heavy atom. The average molecular weight is 247 g/mol. The van der Waals surface area contributed by atoms with E-state index in [1.165, 1.54) is 0 Å². The van der Waals surface area contributed by atoms with Crippen molar-refractivity contribution in [3.8, 4) is 0 Å². The molecule has 0 fully saturated rings. The number of alkyl halides is 1. The highest BCUT2D eigenvalue weighted by Gasteiger charge is 2.10. The number of aromatic nitrogens is 2. The van der Waals surface area contributed by atoms with Gasteiger partial charge in [-0.3, -0.25) is 0 Å². The molecule has 0 amide bonds. The highest BCUT2D eigenvalue weighted by molar-refractivity contribution is 6.16. The molecule has 2 heterocycles. The monoisotopic (exact) mass is 246 g/mol. The molecule has 0 spiro atoms. The summed E-state index contributed by atoms with van der Waals surface area (Å²) in [5.41, 5.74) is 2.05. The molecular formula is C13H11ClN2O. The van der Waals surface area contributed by atoms with Gasteiger partial charge in [0.25, 0.3) is 0 Å². The third-order valence-electron chi connectivity index (χ3n) is 2.75. The van der Waals surface area contributed by atoms with Gasteiger partial charge < -0.3 is 8.98 Å². The summed E-state index contributed by atoms with van der Waals surface area (Å²) in [4.78, 5) is 4.50. The quantitative estimate of drug-likeness (QED) is 0.663. The number of imidazole rings is 1. The van der Waals surface area contributed by atoms with E-state index in [9.17, 15) is 0 Å². The Morgan fingerprint density at radius 3 is 2.82 bits per heavy atom. The van der Waals surface area contributed by atoms with E-state index in [1.54, 1.807) is 6.26 Å². The molecule has 0 aliphatic heterocycles. The summed E-state index contributed by atoms with van der Waals surface area (Å²) in [6, 6.07) is 11.8. The van der Waals surface area contributed by atoms with Crippen molar-refractivity contribution in [2.45, 2.75) is 12.4 Å². The van der Waals surface area contributed by atoms with E-state index in [0.717, 1.165) is 22.6 Å². The zero-order chi connectivity index (χ0) is 11.7. The number of hydrogen-bond donors (Lipinski definition) is 0. The fourth-order valence-electron chi connectivity index (χ4n) is 1.96. The van der Waals surface area contributed by atoms with Crippen LogP contribution >= 0.6 is 11.6 Å². The van der Waals surface area contributed by atoms with Crippen LogP contribution in [-0.2, 0) is 12.4 Å². The van der Waals surface area contributed by atoms with E-state index in [-0.39, 0.29) is 0 Å². The molecule has 0 saturated heterocycles. The van der Waals surface area contributed by atoms with Gasteiger partial charge in [-0.2, -0.15) is 0 Å². The lowest BCUT2D eigenvalue weighted by molar-refractivity contribution is 0.493. The molecule has 3 aromatic rings. The zero-order valence-corrected chi connectivity index (χ0v) is 9.89. The van der Waals surface area contributed by atoms with Crippen molar-refractivity contribution in [2.75, 3.05) is 0 Å². The average Bonchev–Trinajstić information content (AvgIpc) is 2.98. The van der Waals surface area contributed by atoms with Gasteiger partial charge in [0.15, 0.2) is 0 Å². The van der Waals surface area contributed by atoms with Gasteiger partial charge in [0.05, 0.1) is 29.7 Å². The topological polar surface area (TPSA) is 31.0 Å². The lowest BCUT2D eigenvalue weighted by Crippen LogP contribution is -2.02. The second-order valence-corrected chi connectivity index (χ2v) is 4.08. The number of halogens is 1. The smallest absolute Gasteiger partial charge is 0.125 e. The van der Waals surface area contributed by atoms with Crippen molar-refractivity contribution in [2.24, 2.45) is 0 Å². The Hall–Kier alpha value is -1.74. The molecule has 2 aromatic heterocycles. The van der Waals surface area contributed by atoms with Crippen LogP contribution in [0.25, 0.3) is 11.0 Å². The number of rotatable bonds is 3. The van der Waals surface area contributed by atoms with Gasteiger partial charge in [0, 0.05) is 0 Å². The summed E-state index contributed by atoms with van der Waals surface area (Å²) in [5, 5.41) is 0. The van der Waals surface area contributed by atoms with Crippen LogP contribution in [0.15, 0.2) is 47.1 Å². The molecule has 0 aliphatic rings. The van der Waals surface area contributed by atoms with Gasteiger partial charge in [-0.1, -0.05) is 12.1 Å². The van der Waals surface area contributed by atoms with Gasteiger partial charge in [-0.15, -0.1) is 11.6 Å². The highest BCUT2D eigenvalue weighted by Crippen LogP contribution is 2.19. The number of fused-ring (bicyclic) bond motifs is 1. The summed E-state index contributed by atoms with van der Waals surface area (Å²) in [7, 11) is 0. The van der Waals surface area contributed by atoms with Crippen LogP contribution in [0.2, 0.25) is 0 Å². The number of para-hydroxylation sites is 2. The maximum Gasteiger partial charge on any atom is 0.125 e. The minimum atomic E-state index is 0.398. The van der Waals surface area contributed by atoms with E-state index in [2.05, 4.69) is 9.55 Å². The van der Waals surface area contributed by atoms with Crippen molar-refractivity contribution < 1.29 is 4.42 Å². The van der Waals surface area contributed by atoms with Crippen molar-refractivity contribution >= 4 is 22.6 Å². The van der Waals surface area contributed by atoms with Gasteiger partial charge in [-0.05, 0) is 24.3 Å². The number of furan rings is 1. The fourth-order valence-corrected chi connectivity index (χ4v) is 2.17. The van der Waals surface area contributed by atoms with Crippen molar-refractivity contribution in [1.82, 2.24) is 9.55 Å². The Morgan fingerprint density at radius 2 is 2.06 bits per heavy atom. The van der Waals surface area contributed by atoms with Crippen LogP contribution in [-0.4, -0.2) is 9.55 Å². The molecule has 4 heteroatoms. The summed E-state index contributed by atoms with van der Waals surface area (Å²) in [6.07, 6.45) is 1.68. The van der Waals surface area contributed by atoms with Gasteiger partial charge in [-0.25, -0.2) is 4.98 Å². The van der Waals surface area contributed by atoms with Crippen molar-refractivity contribution in [3.63, 3.8) is 0 Å². The maximum atomic E-state index is 5.93. The van der Waals surface area contributed by atoms with Gasteiger partial charge >= 0.3 is 0 Å². The highest BCUT2D eigenvalue weighted by atomic mass is 35.5. The van der Waals surface area contributed by atoms with E-state index < -0.39 is 0 Å². The number of nitrogens with zero attached hydrogens (tertiary/aromatic N) is 2. The normalized spacial score (nSPS) is 11.1. The van der Waals surface area contributed by atoms with E-state index in [1.807, 2.05) is 36.4 Å². The van der Waals surface area contributed by atoms with Crippen molar-refractivity contribution in [3.05, 3.63) is 54.2 Å². The molecule has 0 aliphatic carbocycles. The van der Waals surface area contributed by atoms with Crippen LogP contribution < -0.4 is 0 Å². The summed E-state index contributed by atoms with van der Waals surface area (Å²) >= 11 is 5.93. The van der Waals surface area contributed by atoms with Crippen LogP contribution in [0, 0.1) is 0 Å². The second-order valence-electron chi connectivity index (χ2n) is 3.82. The van der Waals surface area contributed by atoms with Gasteiger partial charge in [0.1, 0.15) is 11.6 Å². The standard InChI is InChI=1S/C13H11ClN2O/c14-8-13-15-11-5-1-2-6-12(11)16(13)9-10-4-3-7-17-10/h1-7H,8-9H2. The van der Waals surface area contributed by atoms with Crippen LogP contribution in [0.5, 0.6) is 0 Å². The third kappa shape index (κ3) is 1.83. The molecule has 17 heavy (non-hydrogen) atoms. The Labute approximate surface area is 104 Å². The maximum absolute atomic E-state index is 5.93. The first-order valence-corrected chi connectivity index (χ1v) is 5.94. The second kappa shape index (κ2) is 4.26. The largest absolute Gasteiger partial charge is 0.467 e. The molecule has 0 N–H and O–H groups in total. The molecule has 0 radical (unpaired) electrons. The molecule has 0 saturated carbocycles. The van der Waals surface area contributed by atoms with Gasteiger partial charge in [0.2, 0.25) is 0 Å². The molecule has 86 valence electrons. The first-order valence-electron chi connectivity index (χ1n) is 5.41. The first-order chi connectivity index (χ1) is 8.38. The third-order valence-corrected chi connectivity index (χ3v) is 2.99. The number of benzene rings is 1. The lowest BCUT2D eigenvalue weighted by atomic mass is 10.3. The van der Waals surface area contributed by atoms with E-state index in [0.29, 0.717) is 12.4 Å². The summed E-state index contributed by atoms with van der Waals surface area (Å²) in [5.74, 6) is 2.17. The first kappa shape index (κ1) is 10.4. The Bertz CT molecular complexity index is 628. The molecule has 3 nitrogen and oxygen atoms in total. The van der Waals surface area contributed by atoms with Crippen LogP contribution in [0.3, 0.4) is 0 Å². The minimum Gasteiger partial charge on any atom is -0.467 e. The zero-order valence-electron chi connectivity index (χ0n) is 9.14.